The third-order valence-electron chi connectivity index (χ3n) is 13.7. The summed E-state index contributed by atoms with van der Waals surface area (Å²) in [4.78, 5) is 110. The molecule has 8 rings (SSSR count). The van der Waals surface area contributed by atoms with Gasteiger partial charge in [0.1, 0.15) is 25.3 Å². The molecule has 6 amide bonds. The minimum Gasteiger partial charge on any atom is -0.445 e. The smallest absolute Gasteiger partial charge is 0.410 e. The lowest BCUT2D eigenvalue weighted by atomic mass is 9.94. The Balaban J connectivity index is 1.09. The molecule has 6 aromatic rings. The number of rotatable bonds is 16. The summed E-state index contributed by atoms with van der Waals surface area (Å²) in [6.07, 6.45) is 3.45. The van der Waals surface area contributed by atoms with Crippen molar-refractivity contribution in [2.24, 2.45) is 0 Å². The summed E-state index contributed by atoms with van der Waals surface area (Å²) in [5.41, 5.74) is 6.42. The van der Waals surface area contributed by atoms with E-state index in [0.717, 1.165) is 21.6 Å². The minimum atomic E-state index is -1.33. The van der Waals surface area contributed by atoms with Crippen LogP contribution in [0.15, 0.2) is 155 Å². The van der Waals surface area contributed by atoms with Crippen molar-refractivity contribution < 1.29 is 58.5 Å². The first-order valence-electron chi connectivity index (χ1n) is 25.3. The van der Waals surface area contributed by atoms with Crippen molar-refractivity contribution >= 4 is 71.1 Å². The van der Waals surface area contributed by atoms with Crippen LogP contribution in [0.1, 0.15) is 33.4 Å². The number of nitro benzene ring substituents is 2. The van der Waals surface area contributed by atoms with Gasteiger partial charge in [-0.2, -0.15) is 0 Å². The summed E-state index contributed by atoms with van der Waals surface area (Å²) >= 11 is 0.774. The number of hydrogen-bond donors (Lipinski definition) is 4. The highest BCUT2D eigenvalue weighted by molar-refractivity contribution is 7.99. The maximum atomic E-state index is 13.9. The predicted molar refractivity (Wildman–Crippen MR) is 296 cm³/mol. The zero-order chi connectivity index (χ0) is 57.7. The van der Waals surface area contributed by atoms with E-state index in [9.17, 15) is 59.4 Å². The Morgan fingerprint density at radius 2 is 0.926 bits per heavy atom. The number of carbonyl (C=O) groups excluding carboxylic acids is 6. The highest BCUT2D eigenvalue weighted by Crippen LogP contribution is 2.49. The molecule has 2 aliphatic heterocycles. The van der Waals surface area contributed by atoms with Crippen molar-refractivity contribution in [3.63, 3.8) is 0 Å². The molecule has 2 saturated heterocycles. The molecule has 0 bridgehead atoms. The molecular formula is C58H54N8O14S. The third-order valence-corrected chi connectivity index (χ3v) is 14.8. The summed E-state index contributed by atoms with van der Waals surface area (Å²) < 4.78 is 10.9. The summed E-state index contributed by atoms with van der Waals surface area (Å²) in [7, 11) is 0. The highest BCUT2D eigenvalue weighted by Gasteiger charge is 2.39. The Labute approximate surface area is 468 Å². The quantitative estimate of drug-likeness (QED) is 0.0307. The number of carbonyl (C=O) groups is 6. The maximum Gasteiger partial charge on any atom is 0.410 e. The highest BCUT2D eigenvalue weighted by atomic mass is 32.2. The van der Waals surface area contributed by atoms with Crippen LogP contribution in [0.25, 0.3) is 34.4 Å². The molecule has 6 aromatic carbocycles. The van der Waals surface area contributed by atoms with E-state index in [0.29, 0.717) is 33.4 Å². The van der Waals surface area contributed by atoms with E-state index < -0.39 is 69.1 Å². The van der Waals surface area contributed by atoms with Gasteiger partial charge in [-0.25, -0.2) is 20.5 Å². The van der Waals surface area contributed by atoms with Crippen LogP contribution in [0.3, 0.4) is 0 Å². The Bertz CT molecular complexity index is 3230. The van der Waals surface area contributed by atoms with Crippen molar-refractivity contribution in [3.05, 3.63) is 199 Å². The van der Waals surface area contributed by atoms with E-state index in [1.807, 2.05) is 0 Å². The van der Waals surface area contributed by atoms with Crippen LogP contribution in [0.2, 0.25) is 0 Å². The Morgan fingerprint density at radius 1 is 0.556 bits per heavy atom. The fraction of sp³-hybridized carbons (Fsp3) is 0.207. The first kappa shape index (κ1) is 57.5. The molecule has 0 aliphatic carbocycles. The number of piperazine rings is 2. The molecule has 2 aliphatic rings. The van der Waals surface area contributed by atoms with Crippen LogP contribution >= 0.6 is 11.8 Å². The van der Waals surface area contributed by atoms with Crippen LogP contribution in [-0.4, -0.2) is 127 Å². The fourth-order valence-corrected chi connectivity index (χ4v) is 10.6. The summed E-state index contributed by atoms with van der Waals surface area (Å²) in [6.45, 7) is 2.33. The third kappa shape index (κ3) is 13.4. The van der Waals surface area contributed by atoms with Gasteiger partial charge in [0.25, 0.3) is 23.2 Å². The monoisotopic (exact) mass is 1120 g/mol. The average Bonchev–Trinajstić information content (AvgIpc) is 3.50. The standard InChI is InChI=1S/C58H54N8O14S/c1-37-13-9-11-19-43(37)51-41(23-27-49(67)61-29-31-63(45(33-61)55(69)59-73)57(71)79-35-39-15-5-3-6-16-39)21-25-47(53(51)65(75)76)81-48-26-22-42(52(54(48)66(77)78)44-20-12-10-14-38(44)2)24-28-50(68)62-30-32-64(46(34-62)56(70)60-74)58(72)80-36-40-17-7-4-8-18-40/h3-28,45-46,73-74H,29-36H2,1-2H3,(H,59,69)(H,60,70)/b27-23+,28-24+. The zero-order valence-electron chi connectivity index (χ0n) is 43.7. The molecule has 22 nitrogen and oxygen atoms in total. The number of ether oxygens (including phenoxy) is 2. The number of hydroxylamine groups is 2. The summed E-state index contributed by atoms with van der Waals surface area (Å²) in [6, 6.07) is 34.7. The first-order chi connectivity index (χ1) is 39.1. The Hall–Kier alpha value is -9.71. The zero-order valence-corrected chi connectivity index (χ0v) is 44.5. The van der Waals surface area contributed by atoms with Crippen molar-refractivity contribution in [3.8, 4) is 22.3 Å². The number of aryl methyl sites for hydroxylation is 2. The normalized spacial score (nSPS) is 15.3. The van der Waals surface area contributed by atoms with Gasteiger partial charge in [-0.1, -0.05) is 133 Å². The Kier molecular flexibility index (Phi) is 18.7. The second-order valence-electron chi connectivity index (χ2n) is 18.7. The number of nitrogens with zero attached hydrogens (tertiary/aromatic N) is 6. The van der Waals surface area contributed by atoms with Crippen LogP contribution in [-0.2, 0) is 41.9 Å². The van der Waals surface area contributed by atoms with Crippen LogP contribution in [0.5, 0.6) is 0 Å². The van der Waals surface area contributed by atoms with Gasteiger partial charge in [0.05, 0.1) is 43.9 Å². The van der Waals surface area contributed by atoms with Gasteiger partial charge in [-0.3, -0.25) is 59.6 Å². The van der Waals surface area contributed by atoms with E-state index in [4.69, 9.17) is 9.47 Å². The van der Waals surface area contributed by atoms with Gasteiger partial charge in [-0.05, 0) is 82.6 Å². The van der Waals surface area contributed by atoms with E-state index in [1.165, 1.54) is 46.2 Å². The van der Waals surface area contributed by atoms with Gasteiger partial charge in [0.15, 0.2) is 0 Å². The van der Waals surface area contributed by atoms with E-state index in [1.54, 1.807) is 146 Å². The van der Waals surface area contributed by atoms with Crippen molar-refractivity contribution in [2.75, 3.05) is 39.3 Å². The van der Waals surface area contributed by atoms with Crippen molar-refractivity contribution in [1.82, 2.24) is 30.6 Å². The molecular weight excluding hydrogens is 1060 g/mol. The van der Waals surface area contributed by atoms with E-state index >= 15 is 0 Å². The molecule has 0 radical (unpaired) electrons. The molecule has 81 heavy (non-hydrogen) atoms. The van der Waals surface area contributed by atoms with Crippen LogP contribution in [0.4, 0.5) is 21.0 Å². The molecule has 416 valence electrons. The number of amides is 6. The molecule has 0 spiro atoms. The van der Waals surface area contributed by atoms with Gasteiger partial charge >= 0.3 is 12.2 Å². The largest absolute Gasteiger partial charge is 0.445 e. The lowest BCUT2D eigenvalue weighted by Gasteiger charge is -2.39. The maximum absolute atomic E-state index is 13.9. The molecule has 4 N–H and O–H groups in total. The lowest BCUT2D eigenvalue weighted by Crippen LogP contribution is -2.61. The van der Waals surface area contributed by atoms with Gasteiger partial charge in [-0.15, -0.1) is 0 Å². The fourth-order valence-electron chi connectivity index (χ4n) is 9.51. The summed E-state index contributed by atoms with van der Waals surface area (Å²) in [5.74, 6) is -3.15. The first-order valence-corrected chi connectivity index (χ1v) is 26.1. The van der Waals surface area contributed by atoms with Gasteiger partial charge in [0.2, 0.25) is 11.8 Å². The second-order valence-corrected chi connectivity index (χ2v) is 19.8. The Morgan fingerprint density at radius 3 is 1.28 bits per heavy atom. The average molecular weight is 1120 g/mol. The lowest BCUT2D eigenvalue weighted by molar-refractivity contribution is -0.387. The molecule has 0 aromatic heterocycles. The topological polar surface area (TPSA) is 285 Å². The number of nitrogens with one attached hydrogen (secondary N) is 2. The molecule has 2 atom stereocenters. The van der Waals surface area contributed by atoms with E-state index in [-0.39, 0.29) is 84.5 Å². The number of benzene rings is 6. The SMILES string of the molecule is Cc1ccccc1-c1c(/C=C/C(=O)N2CCN(C(=O)OCc3ccccc3)C(C(=O)NO)C2)ccc(Sc2ccc(/C=C/C(=O)N3CCN(C(=O)OCc4ccccc4)C(C(=O)NO)C3)c(-c3ccccc3C)c2[N+](=O)[O-])c1[N+](=O)[O-]. The second kappa shape index (κ2) is 26.3. The van der Waals surface area contributed by atoms with Gasteiger partial charge in [0, 0.05) is 38.3 Å². The molecule has 2 fully saturated rings. The van der Waals surface area contributed by atoms with E-state index in [2.05, 4.69) is 0 Å². The summed E-state index contributed by atoms with van der Waals surface area (Å²) in [5, 5.41) is 46.0. The number of hydrogen-bond acceptors (Lipinski definition) is 15. The molecule has 0 saturated carbocycles. The number of nitro groups is 2. The van der Waals surface area contributed by atoms with Crippen LogP contribution < -0.4 is 11.0 Å². The van der Waals surface area contributed by atoms with Gasteiger partial charge < -0.3 is 19.3 Å². The minimum absolute atomic E-state index is 0.0109. The van der Waals surface area contributed by atoms with Crippen molar-refractivity contribution in [1.29, 1.82) is 0 Å². The molecule has 2 unspecified atom stereocenters. The molecule has 2 heterocycles. The molecule has 23 heteroatoms. The van der Waals surface area contributed by atoms with Crippen LogP contribution in [0, 0.1) is 34.1 Å². The predicted octanol–water partition coefficient (Wildman–Crippen LogP) is 8.34. The van der Waals surface area contributed by atoms with Crippen molar-refractivity contribution in [2.45, 2.75) is 48.9 Å².